The maximum absolute atomic E-state index is 13.8. The Balaban J connectivity index is 1.65. The zero-order chi connectivity index (χ0) is 22.4. The van der Waals surface area contributed by atoms with Gasteiger partial charge in [-0.3, -0.25) is 9.59 Å². The van der Waals surface area contributed by atoms with E-state index in [2.05, 4.69) is 10.3 Å². The van der Waals surface area contributed by atoms with Crippen LogP contribution in [-0.4, -0.2) is 34.8 Å². The molecular weight excluding hydrogens is 427 g/mol. The van der Waals surface area contributed by atoms with E-state index < -0.39 is 29.0 Å². The summed E-state index contributed by atoms with van der Waals surface area (Å²) >= 11 is 1.42. The first-order valence-electron chi connectivity index (χ1n) is 9.60. The quantitative estimate of drug-likeness (QED) is 0.512. The van der Waals surface area contributed by atoms with Gasteiger partial charge in [0.15, 0.2) is 17.5 Å². The number of anilines is 1. The summed E-state index contributed by atoms with van der Waals surface area (Å²) in [5, 5.41) is 4.77. The van der Waals surface area contributed by atoms with Crippen molar-refractivity contribution >= 4 is 28.8 Å². The summed E-state index contributed by atoms with van der Waals surface area (Å²) in [6.45, 7) is 1.81. The first-order chi connectivity index (χ1) is 14.9. The lowest BCUT2D eigenvalue weighted by Crippen LogP contribution is -2.39. The number of hydrogen-bond acceptors (Lipinski definition) is 4. The molecule has 31 heavy (non-hydrogen) atoms. The molecule has 0 saturated heterocycles. The van der Waals surface area contributed by atoms with Gasteiger partial charge in [-0.15, -0.1) is 11.3 Å². The number of rotatable bonds is 8. The van der Waals surface area contributed by atoms with Crippen molar-refractivity contribution in [3.05, 3.63) is 71.0 Å². The second-order valence-corrected chi connectivity index (χ2v) is 7.63. The van der Waals surface area contributed by atoms with Gasteiger partial charge in [0.25, 0.3) is 0 Å². The molecule has 0 aliphatic heterocycles. The van der Waals surface area contributed by atoms with E-state index in [0.29, 0.717) is 18.7 Å². The average Bonchev–Trinajstić information content (AvgIpc) is 3.23. The molecule has 2 amide bonds. The first-order valence-corrected chi connectivity index (χ1v) is 10.5. The van der Waals surface area contributed by atoms with Crippen molar-refractivity contribution in [2.24, 2.45) is 0 Å². The topological polar surface area (TPSA) is 62.3 Å². The highest BCUT2D eigenvalue weighted by atomic mass is 32.1. The van der Waals surface area contributed by atoms with Crippen LogP contribution in [0.1, 0.15) is 19.0 Å². The lowest BCUT2D eigenvalue weighted by molar-refractivity contribution is -0.134. The fourth-order valence-corrected chi connectivity index (χ4v) is 3.74. The number of carbonyl (C=O) groups excluding carboxylic acids is 2. The highest BCUT2D eigenvalue weighted by molar-refractivity contribution is 7.13. The summed E-state index contributed by atoms with van der Waals surface area (Å²) in [5.74, 6) is -5.53. The Kier molecular flexibility index (Phi) is 7.41. The van der Waals surface area contributed by atoms with Gasteiger partial charge in [-0.1, -0.05) is 37.3 Å². The molecule has 0 unspecified atom stereocenters. The highest BCUT2D eigenvalue weighted by Crippen LogP contribution is 2.24. The van der Waals surface area contributed by atoms with Crippen molar-refractivity contribution < 1.29 is 22.8 Å². The molecule has 162 valence electrons. The monoisotopic (exact) mass is 447 g/mol. The van der Waals surface area contributed by atoms with Gasteiger partial charge in [-0.05, 0) is 18.6 Å². The van der Waals surface area contributed by atoms with E-state index >= 15 is 0 Å². The van der Waals surface area contributed by atoms with E-state index in [1.54, 1.807) is 5.38 Å². The molecule has 0 saturated carbocycles. The molecule has 1 N–H and O–H groups in total. The smallest absolute Gasteiger partial charge is 0.244 e. The SMILES string of the molecule is CCCN(CC(=O)Nc1ccc(F)c(F)c1F)C(=O)Cc1csc(-c2ccccc2)n1. The number of nitrogens with one attached hydrogen (secondary N) is 1. The summed E-state index contributed by atoms with van der Waals surface area (Å²) in [4.78, 5) is 30.8. The average molecular weight is 447 g/mol. The minimum atomic E-state index is -1.67. The maximum Gasteiger partial charge on any atom is 0.244 e. The largest absolute Gasteiger partial charge is 0.333 e. The Morgan fingerprint density at radius 1 is 1.06 bits per heavy atom. The molecule has 0 radical (unpaired) electrons. The molecule has 3 rings (SSSR count). The molecular formula is C22H20F3N3O2S. The zero-order valence-corrected chi connectivity index (χ0v) is 17.5. The molecule has 2 aromatic carbocycles. The van der Waals surface area contributed by atoms with E-state index in [1.165, 1.54) is 16.2 Å². The van der Waals surface area contributed by atoms with Crippen molar-refractivity contribution in [2.45, 2.75) is 19.8 Å². The van der Waals surface area contributed by atoms with E-state index in [-0.39, 0.29) is 18.9 Å². The minimum Gasteiger partial charge on any atom is -0.333 e. The van der Waals surface area contributed by atoms with Crippen LogP contribution in [0, 0.1) is 17.5 Å². The standard InChI is InChI=1S/C22H20F3N3O2S/c1-2-10-28(12-18(29)27-17-9-8-16(23)20(24)21(17)25)19(30)11-15-13-31-22(26-15)14-6-4-3-5-7-14/h3-9,13H,2,10-12H2,1H3,(H,27,29). The lowest BCUT2D eigenvalue weighted by Gasteiger charge is -2.21. The van der Waals surface area contributed by atoms with Gasteiger partial charge in [0, 0.05) is 17.5 Å². The Morgan fingerprint density at radius 3 is 2.52 bits per heavy atom. The van der Waals surface area contributed by atoms with E-state index in [9.17, 15) is 22.8 Å². The molecule has 1 heterocycles. The minimum absolute atomic E-state index is 0.0101. The molecule has 0 spiro atoms. The number of carbonyl (C=O) groups is 2. The Bertz CT molecular complexity index is 1070. The number of benzene rings is 2. The summed E-state index contributed by atoms with van der Waals surface area (Å²) in [6.07, 6.45) is 0.612. The van der Waals surface area contributed by atoms with Crippen LogP contribution in [0.2, 0.25) is 0 Å². The van der Waals surface area contributed by atoms with Crippen LogP contribution in [0.25, 0.3) is 10.6 Å². The highest BCUT2D eigenvalue weighted by Gasteiger charge is 2.20. The van der Waals surface area contributed by atoms with Crippen LogP contribution in [0.15, 0.2) is 47.8 Å². The number of hydrogen-bond donors (Lipinski definition) is 1. The second-order valence-electron chi connectivity index (χ2n) is 6.77. The van der Waals surface area contributed by atoms with Crippen LogP contribution >= 0.6 is 11.3 Å². The fraction of sp³-hybridized carbons (Fsp3) is 0.227. The molecule has 9 heteroatoms. The number of nitrogens with zero attached hydrogens (tertiary/aromatic N) is 2. The van der Waals surface area contributed by atoms with Crippen LogP contribution < -0.4 is 5.32 Å². The van der Waals surface area contributed by atoms with Crippen LogP contribution in [-0.2, 0) is 16.0 Å². The van der Waals surface area contributed by atoms with Gasteiger partial charge in [0.1, 0.15) is 5.01 Å². The summed E-state index contributed by atoms with van der Waals surface area (Å²) < 4.78 is 40.2. The number of halogens is 3. The van der Waals surface area contributed by atoms with Crippen molar-refractivity contribution in [3.63, 3.8) is 0 Å². The van der Waals surface area contributed by atoms with Crippen molar-refractivity contribution in [3.8, 4) is 10.6 Å². The summed E-state index contributed by atoms with van der Waals surface area (Å²) in [7, 11) is 0. The number of thiazole rings is 1. The predicted molar refractivity (Wildman–Crippen MR) is 113 cm³/mol. The third kappa shape index (κ3) is 5.69. The van der Waals surface area contributed by atoms with Crippen molar-refractivity contribution in [1.82, 2.24) is 9.88 Å². The van der Waals surface area contributed by atoms with E-state index in [1.807, 2.05) is 37.3 Å². The number of amides is 2. The lowest BCUT2D eigenvalue weighted by atomic mass is 10.2. The van der Waals surface area contributed by atoms with Crippen LogP contribution in [0.3, 0.4) is 0 Å². The molecule has 1 aromatic heterocycles. The summed E-state index contributed by atoms with van der Waals surface area (Å²) in [6, 6.07) is 11.2. The normalized spacial score (nSPS) is 10.7. The predicted octanol–water partition coefficient (Wildman–Crippen LogP) is 4.65. The molecule has 0 aliphatic rings. The molecule has 0 fully saturated rings. The number of aromatic nitrogens is 1. The van der Waals surface area contributed by atoms with Gasteiger partial charge < -0.3 is 10.2 Å². The van der Waals surface area contributed by atoms with Gasteiger partial charge in [-0.2, -0.15) is 0 Å². The van der Waals surface area contributed by atoms with Crippen molar-refractivity contribution in [1.29, 1.82) is 0 Å². The Morgan fingerprint density at radius 2 is 1.81 bits per heavy atom. The summed E-state index contributed by atoms with van der Waals surface area (Å²) in [5.41, 5.74) is 1.05. The maximum atomic E-state index is 13.8. The van der Waals surface area contributed by atoms with Gasteiger partial charge in [0.05, 0.1) is 24.3 Å². The van der Waals surface area contributed by atoms with Gasteiger partial charge >= 0.3 is 0 Å². The zero-order valence-electron chi connectivity index (χ0n) is 16.7. The molecule has 3 aromatic rings. The van der Waals surface area contributed by atoms with Crippen LogP contribution in [0.5, 0.6) is 0 Å². The fourth-order valence-electron chi connectivity index (χ4n) is 2.92. The van der Waals surface area contributed by atoms with Gasteiger partial charge in [0.2, 0.25) is 11.8 Å². The van der Waals surface area contributed by atoms with E-state index in [0.717, 1.165) is 22.7 Å². The Labute approximate surface area is 181 Å². The third-order valence-electron chi connectivity index (χ3n) is 4.39. The van der Waals surface area contributed by atoms with Gasteiger partial charge in [-0.25, -0.2) is 18.2 Å². The molecule has 0 atom stereocenters. The second kappa shape index (κ2) is 10.2. The first kappa shape index (κ1) is 22.5. The van der Waals surface area contributed by atoms with Crippen molar-refractivity contribution in [2.75, 3.05) is 18.4 Å². The Hall–Kier alpha value is -3.20. The third-order valence-corrected chi connectivity index (χ3v) is 5.33. The molecule has 0 bridgehead atoms. The molecule has 5 nitrogen and oxygen atoms in total. The van der Waals surface area contributed by atoms with Crippen LogP contribution in [0.4, 0.5) is 18.9 Å². The van der Waals surface area contributed by atoms with E-state index in [4.69, 9.17) is 0 Å². The molecule has 0 aliphatic carbocycles.